The van der Waals surface area contributed by atoms with Crippen molar-refractivity contribution in [1.82, 2.24) is 29.1 Å². The summed E-state index contributed by atoms with van der Waals surface area (Å²) in [6, 6.07) is 9.35. The van der Waals surface area contributed by atoms with Crippen LogP contribution in [-0.2, 0) is 6.54 Å². The van der Waals surface area contributed by atoms with E-state index in [1.807, 2.05) is 44.2 Å². The van der Waals surface area contributed by atoms with Gasteiger partial charge in [0.05, 0.1) is 10.9 Å². The first kappa shape index (κ1) is 15.8. The third kappa shape index (κ3) is 2.78. The minimum atomic E-state index is -0.0180. The van der Waals surface area contributed by atoms with Crippen LogP contribution in [0.4, 0.5) is 0 Å². The van der Waals surface area contributed by atoms with E-state index in [0.29, 0.717) is 28.4 Å². The number of aryl methyl sites for hydroxylation is 1. The van der Waals surface area contributed by atoms with E-state index in [-0.39, 0.29) is 5.56 Å². The van der Waals surface area contributed by atoms with Gasteiger partial charge in [0.25, 0.3) is 11.3 Å². The molecule has 0 N–H and O–H groups in total. The van der Waals surface area contributed by atoms with E-state index in [1.165, 1.54) is 18.1 Å². The van der Waals surface area contributed by atoms with Crippen LogP contribution in [0.25, 0.3) is 16.7 Å². The van der Waals surface area contributed by atoms with Crippen molar-refractivity contribution in [2.45, 2.75) is 37.0 Å². The summed E-state index contributed by atoms with van der Waals surface area (Å²) in [5, 5.41) is 6.33. The van der Waals surface area contributed by atoms with Gasteiger partial charge in [-0.25, -0.2) is 9.97 Å². The van der Waals surface area contributed by atoms with Crippen LogP contribution in [0.2, 0.25) is 0 Å². The highest BCUT2D eigenvalue weighted by Crippen LogP contribution is 2.27. The highest BCUT2D eigenvalue weighted by molar-refractivity contribution is 7.99. The van der Waals surface area contributed by atoms with E-state index in [4.69, 9.17) is 4.98 Å². The Kier molecular flexibility index (Phi) is 3.96. The fourth-order valence-electron chi connectivity index (χ4n) is 2.71. The van der Waals surface area contributed by atoms with Crippen molar-refractivity contribution in [3.63, 3.8) is 0 Å². The van der Waals surface area contributed by atoms with Crippen LogP contribution in [-0.4, -0.2) is 29.1 Å². The van der Waals surface area contributed by atoms with E-state index >= 15 is 0 Å². The summed E-state index contributed by atoms with van der Waals surface area (Å²) in [6.07, 6.45) is 2.32. The molecule has 8 heteroatoms. The molecule has 4 rings (SSSR count). The van der Waals surface area contributed by atoms with Gasteiger partial charge in [-0.05, 0) is 43.3 Å². The van der Waals surface area contributed by atoms with Gasteiger partial charge in [-0.2, -0.15) is 14.6 Å². The fourth-order valence-corrected chi connectivity index (χ4v) is 3.77. The Morgan fingerprint density at radius 1 is 1.20 bits per heavy atom. The lowest BCUT2D eigenvalue weighted by Crippen LogP contribution is -2.23. The summed E-state index contributed by atoms with van der Waals surface area (Å²) in [5.74, 6) is 0.535. The van der Waals surface area contributed by atoms with Crippen molar-refractivity contribution in [2.75, 3.05) is 0 Å². The van der Waals surface area contributed by atoms with Gasteiger partial charge in [-0.1, -0.05) is 19.1 Å². The van der Waals surface area contributed by atoms with Crippen molar-refractivity contribution in [3.8, 4) is 0 Å². The molecule has 3 heterocycles. The Balaban J connectivity index is 1.92. The summed E-state index contributed by atoms with van der Waals surface area (Å²) < 4.78 is 3.39. The SMILES string of the molecule is CCCn1c(Sc2cc(C)nc3ncnn23)nc2ccccc2c1=O. The van der Waals surface area contributed by atoms with E-state index in [2.05, 4.69) is 15.1 Å². The first-order valence-corrected chi connectivity index (χ1v) is 8.84. The smallest absolute Gasteiger partial charge is 0.262 e. The molecule has 0 aliphatic heterocycles. The third-order valence-corrected chi connectivity index (χ3v) is 4.81. The minimum Gasteiger partial charge on any atom is -0.287 e. The van der Waals surface area contributed by atoms with Crippen molar-refractivity contribution >= 4 is 28.4 Å². The molecule has 0 spiro atoms. The molecule has 3 aromatic heterocycles. The normalized spacial score (nSPS) is 11.4. The van der Waals surface area contributed by atoms with E-state index in [1.54, 1.807) is 9.08 Å². The molecule has 0 unspecified atom stereocenters. The predicted molar refractivity (Wildman–Crippen MR) is 95.9 cm³/mol. The van der Waals surface area contributed by atoms with Crippen LogP contribution >= 0.6 is 11.8 Å². The molecular formula is C17H16N6OS. The molecule has 1 aromatic carbocycles. The average Bonchev–Trinajstić information content (AvgIpc) is 3.07. The van der Waals surface area contributed by atoms with Crippen molar-refractivity contribution in [3.05, 3.63) is 52.7 Å². The molecule has 0 saturated heterocycles. The highest BCUT2D eigenvalue weighted by Gasteiger charge is 2.14. The van der Waals surface area contributed by atoms with Crippen molar-refractivity contribution < 1.29 is 0 Å². The summed E-state index contributed by atoms with van der Waals surface area (Å²) in [4.78, 5) is 26.1. The second-order valence-corrected chi connectivity index (χ2v) is 6.67. The van der Waals surface area contributed by atoms with Gasteiger partial charge in [0.15, 0.2) is 5.16 Å². The molecule has 4 aromatic rings. The number of hydrogen-bond donors (Lipinski definition) is 0. The standard InChI is InChI=1S/C17H16N6OS/c1-3-8-22-15(24)12-6-4-5-7-13(12)21-17(22)25-14-9-11(2)20-16-18-10-19-23(14)16/h4-7,9-10H,3,8H2,1-2H3. The first-order valence-electron chi connectivity index (χ1n) is 8.02. The van der Waals surface area contributed by atoms with E-state index < -0.39 is 0 Å². The number of aromatic nitrogens is 6. The molecule has 0 amide bonds. The molecule has 0 radical (unpaired) electrons. The van der Waals surface area contributed by atoms with Crippen LogP contribution in [0.1, 0.15) is 19.0 Å². The second kappa shape index (κ2) is 6.29. The number of hydrogen-bond acceptors (Lipinski definition) is 6. The topological polar surface area (TPSA) is 78.0 Å². The van der Waals surface area contributed by atoms with Gasteiger partial charge in [-0.3, -0.25) is 9.36 Å². The van der Waals surface area contributed by atoms with Gasteiger partial charge in [0, 0.05) is 12.2 Å². The fraction of sp³-hybridized carbons (Fsp3) is 0.235. The van der Waals surface area contributed by atoms with E-state index in [9.17, 15) is 4.79 Å². The van der Waals surface area contributed by atoms with E-state index in [0.717, 1.165) is 17.1 Å². The van der Waals surface area contributed by atoms with Crippen LogP contribution in [0.5, 0.6) is 0 Å². The Hall–Kier alpha value is -2.74. The monoisotopic (exact) mass is 352 g/mol. The maximum absolute atomic E-state index is 12.9. The molecule has 0 bridgehead atoms. The first-order chi connectivity index (χ1) is 12.2. The Morgan fingerprint density at radius 3 is 2.88 bits per heavy atom. The van der Waals surface area contributed by atoms with Gasteiger partial charge in [-0.15, -0.1) is 0 Å². The summed E-state index contributed by atoms with van der Waals surface area (Å²) in [6.45, 7) is 4.57. The predicted octanol–water partition coefficient (Wildman–Crippen LogP) is 2.70. The van der Waals surface area contributed by atoms with Gasteiger partial charge >= 0.3 is 0 Å². The molecule has 0 aliphatic rings. The average molecular weight is 352 g/mol. The zero-order chi connectivity index (χ0) is 17.4. The lowest BCUT2D eigenvalue weighted by molar-refractivity contribution is 0.584. The van der Waals surface area contributed by atoms with Crippen LogP contribution in [0.3, 0.4) is 0 Å². The number of para-hydroxylation sites is 1. The van der Waals surface area contributed by atoms with Gasteiger partial charge < -0.3 is 0 Å². The maximum Gasteiger partial charge on any atom is 0.262 e. The van der Waals surface area contributed by atoms with Crippen LogP contribution in [0, 0.1) is 6.92 Å². The Bertz CT molecular complexity index is 1130. The zero-order valence-corrected chi connectivity index (χ0v) is 14.7. The van der Waals surface area contributed by atoms with Gasteiger partial charge in [0.2, 0.25) is 0 Å². The molecule has 25 heavy (non-hydrogen) atoms. The maximum atomic E-state index is 12.9. The van der Waals surface area contributed by atoms with Crippen molar-refractivity contribution in [2.24, 2.45) is 0 Å². The summed E-state index contributed by atoms with van der Waals surface area (Å²) in [7, 11) is 0. The highest BCUT2D eigenvalue weighted by atomic mass is 32.2. The molecule has 0 aliphatic carbocycles. The number of fused-ring (bicyclic) bond motifs is 2. The molecule has 126 valence electrons. The number of nitrogens with zero attached hydrogens (tertiary/aromatic N) is 6. The molecule has 0 saturated carbocycles. The molecular weight excluding hydrogens is 336 g/mol. The number of rotatable bonds is 4. The lowest BCUT2D eigenvalue weighted by atomic mass is 10.2. The summed E-state index contributed by atoms with van der Waals surface area (Å²) in [5.41, 5.74) is 1.52. The minimum absolute atomic E-state index is 0.0180. The van der Waals surface area contributed by atoms with Crippen LogP contribution < -0.4 is 5.56 Å². The Morgan fingerprint density at radius 2 is 2.04 bits per heavy atom. The Labute approximate surface area is 147 Å². The number of benzene rings is 1. The zero-order valence-electron chi connectivity index (χ0n) is 13.9. The molecule has 7 nitrogen and oxygen atoms in total. The van der Waals surface area contributed by atoms with Crippen molar-refractivity contribution in [1.29, 1.82) is 0 Å². The molecule has 0 fully saturated rings. The molecule has 0 atom stereocenters. The largest absolute Gasteiger partial charge is 0.287 e. The third-order valence-electron chi connectivity index (χ3n) is 3.82. The second-order valence-electron chi connectivity index (χ2n) is 5.68. The van der Waals surface area contributed by atoms with Crippen LogP contribution in [0.15, 0.2) is 51.6 Å². The lowest BCUT2D eigenvalue weighted by Gasteiger charge is -2.12. The quantitative estimate of drug-likeness (QED) is 0.415. The summed E-state index contributed by atoms with van der Waals surface area (Å²) >= 11 is 1.40. The van der Waals surface area contributed by atoms with Gasteiger partial charge in [0.1, 0.15) is 11.4 Å².